The highest BCUT2D eigenvalue weighted by atomic mass is 32.2. The van der Waals surface area contributed by atoms with E-state index >= 15 is 0 Å². The summed E-state index contributed by atoms with van der Waals surface area (Å²) in [6, 6.07) is 0.587. The van der Waals surface area contributed by atoms with Crippen molar-refractivity contribution >= 4 is 9.84 Å². The number of hydrogen-bond donors (Lipinski definition) is 1. The van der Waals surface area contributed by atoms with Gasteiger partial charge in [-0.1, -0.05) is 12.8 Å². The third-order valence-electron chi connectivity index (χ3n) is 3.50. The van der Waals surface area contributed by atoms with Crippen molar-refractivity contribution in [2.24, 2.45) is 0 Å². The quantitative estimate of drug-likeness (QED) is 0.661. The fourth-order valence-electron chi connectivity index (χ4n) is 2.66. The number of sulfone groups is 1. The normalized spacial score (nSPS) is 42.5. The van der Waals surface area contributed by atoms with Crippen molar-refractivity contribution in [2.75, 3.05) is 5.75 Å². The van der Waals surface area contributed by atoms with Crippen molar-refractivity contribution in [3.05, 3.63) is 0 Å². The molecule has 0 radical (unpaired) electrons. The van der Waals surface area contributed by atoms with E-state index in [2.05, 4.69) is 12.2 Å². The molecule has 3 nitrogen and oxygen atoms in total. The van der Waals surface area contributed by atoms with Gasteiger partial charge in [0.05, 0.1) is 11.0 Å². The molecular formula is C10H19NO2S. The average molecular weight is 217 g/mol. The summed E-state index contributed by atoms with van der Waals surface area (Å²) in [6.45, 7) is 2.09. The molecule has 1 saturated heterocycles. The van der Waals surface area contributed by atoms with Gasteiger partial charge in [0.25, 0.3) is 0 Å². The molecule has 1 heterocycles. The van der Waals surface area contributed by atoms with Crippen molar-refractivity contribution in [1.82, 2.24) is 5.32 Å². The van der Waals surface area contributed by atoms with Crippen molar-refractivity contribution in [1.29, 1.82) is 0 Å². The molecule has 1 saturated carbocycles. The summed E-state index contributed by atoms with van der Waals surface area (Å²) in [5, 5.41) is 3.36. The molecule has 2 aliphatic rings. The first-order valence-corrected chi connectivity index (χ1v) is 7.29. The lowest BCUT2D eigenvalue weighted by Gasteiger charge is -2.30. The third-order valence-corrected chi connectivity index (χ3v) is 5.79. The summed E-state index contributed by atoms with van der Waals surface area (Å²) in [5.74, 6) is 0.377. The van der Waals surface area contributed by atoms with Crippen LogP contribution in [0.3, 0.4) is 0 Å². The molecule has 3 unspecified atom stereocenters. The summed E-state index contributed by atoms with van der Waals surface area (Å²) in [4.78, 5) is 0. The van der Waals surface area contributed by atoms with E-state index in [0.29, 0.717) is 11.8 Å². The van der Waals surface area contributed by atoms with Gasteiger partial charge in [-0.15, -0.1) is 0 Å². The monoisotopic (exact) mass is 217 g/mol. The standard InChI is InChI=1S/C10H19NO2S/c1-8-6-7-14(12,13)10-5-3-2-4-9(10)11-8/h8-11H,2-7H2,1H3. The van der Waals surface area contributed by atoms with Crippen LogP contribution in [0.5, 0.6) is 0 Å². The first-order valence-electron chi connectivity index (χ1n) is 5.57. The summed E-state index contributed by atoms with van der Waals surface area (Å²) in [5.41, 5.74) is 0. The van der Waals surface area contributed by atoms with Gasteiger partial charge in [0.2, 0.25) is 0 Å². The molecule has 0 aromatic rings. The van der Waals surface area contributed by atoms with Gasteiger partial charge in [-0.25, -0.2) is 8.42 Å². The lowest BCUT2D eigenvalue weighted by atomic mass is 9.94. The molecule has 2 fully saturated rings. The molecule has 0 spiro atoms. The first-order chi connectivity index (χ1) is 6.59. The minimum absolute atomic E-state index is 0.0961. The zero-order valence-corrected chi connectivity index (χ0v) is 9.52. The Bertz CT molecular complexity index is 299. The minimum Gasteiger partial charge on any atom is -0.310 e. The van der Waals surface area contributed by atoms with E-state index in [4.69, 9.17) is 0 Å². The van der Waals surface area contributed by atoms with Crippen LogP contribution in [0, 0.1) is 0 Å². The van der Waals surface area contributed by atoms with Gasteiger partial charge in [-0.2, -0.15) is 0 Å². The zero-order chi connectivity index (χ0) is 10.2. The van der Waals surface area contributed by atoms with Crippen LogP contribution in [0.25, 0.3) is 0 Å². The van der Waals surface area contributed by atoms with Crippen LogP contribution < -0.4 is 5.32 Å². The van der Waals surface area contributed by atoms with Crippen LogP contribution in [0.4, 0.5) is 0 Å². The largest absolute Gasteiger partial charge is 0.310 e. The molecule has 3 atom stereocenters. The Hall–Kier alpha value is -0.0900. The van der Waals surface area contributed by atoms with Gasteiger partial charge in [0.1, 0.15) is 0 Å². The van der Waals surface area contributed by atoms with Gasteiger partial charge in [0, 0.05) is 12.1 Å². The Morgan fingerprint density at radius 1 is 1.14 bits per heavy atom. The summed E-state index contributed by atoms with van der Waals surface area (Å²) < 4.78 is 23.9. The van der Waals surface area contributed by atoms with E-state index in [1.807, 2.05) is 0 Å². The highest BCUT2D eigenvalue weighted by Crippen LogP contribution is 2.28. The van der Waals surface area contributed by atoms with Gasteiger partial charge in [-0.3, -0.25) is 0 Å². The molecule has 1 aliphatic carbocycles. The Balaban J connectivity index is 2.23. The van der Waals surface area contributed by atoms with Crippen LogP contribution in [0.15, 0.2) is 0 Å². The average Bonchev–Trinajstić information content (AvgIpc) is 2.25. The van der Waals surface area contributed by atoms with Crippen LogP contribution >= 0.6 is 0 Å². The molecular weight excluding hydrogens is 198 g/mol. The molecule has 2 rings (SSSR count). The van der Waals surface area contributed by atoms with E-state index < -0.39 is 9.84 Å². The second kappa shape index (κ2) is 3.81. The Morgan fingerprint density at radius 3 is 2.64 bits per heavy atom. The summed E-state index contributed by atoms with van der Waals surface area (Å²) >= 11 is 0. The number of fused-ring (bicyclic) bond motifs is 1. The van der Waals surface area contributed by atoms with Gasteiger partial charge in [-0.05, 0) is 26.2 Å². The summed E-state index contributed by atoms with van der Waals surface area (Å²) in [6.07, 6.45) is 4.93. The fraction of sp³-hybridized carbons (Fsp3) is 1.00. The topological polar surface area (TPSA) is 46.2 Å². The highest BCUT2D eigenvalue weighted by molar-refractivity contribution is 7.92. The molecule has 0 amide bonds. The third kappa shape index (κ3) is 1.96. The predicted molar refractivity (Wildman–Crippen MR) is 57.0 cm³/mol. The van der Waals surface area contributed by atoms with Gasteiger partial charge in [0.15, 0.2) is 9.84 Å². The van der Waals surface area contributed by atoms with Crippen LogP contribution in [-0.4, -0.2) is 31.5 Å². The highest BCUT2D eigenvalue weighted by Gasteiger charge is 2.38. The van der Waals surface area contributed by atoms with Gasteiger partial charge >= 0.3 is 0 Å². The molecule has 14 heavy (non-hydrogen) atoms. The number of hydrogen-bond acceptors (Lipinski definition) is 3. The first kappa shape index (κ1) is 10.4. The van der Waals surface area contributed by atoms with E-state index in [1.54, 1.807) is 0 Å². The van der Waals surface area contributed by atoms with Crippen LogP contribution in [0.2, 0.25) is 0 Å². The van der Waals surface area contributed by atoms with Gasteiger partial charge < -0.3 is 5.32 Å². The zero-order valence-electron chi connectivity index (χ0n) is 8.70. The van der Waals surface area contributed by atoms with Crippen molar-refractivity contribution in [2.45, 2.75) is 56.4 Å². The van der Waals surface area contributed by atoms with Crippen molar-refractivity contribution in [3.63, 3.8) is 0 Å². The Kier molecular flexibility index (Phi) is 2.84. The maximum atomic E-state index is 11.9. The SMILES string of the molecule is CC1CCS(=O)(=O)C2CCCCC2N1. The second-order valence-electron chi connectivity index (χ2n) is 4.65. The maximum absolute atomic E-state index is 11.9. The number of rotatable bonds is 0. The number of nitrogens with one attached hydrogen (secondary N) is 1. The Morgan fingerprint density at radius 2 is 1.86 bits per heavy atom. The van der Waals surface area contributed by atoms with Crippen molar-refractivity contribution in [3.8, 4) is 0 Å². The van der Waals surface area contributed by atoms with Crippen LogP contribution in [0.1, 0.15) is 39.0 Å². The minimum atomic E-state index is -2.82. The molecule has 0 aromatic heterocycles. The van der Waals surface area contributed by atoms with E-state index in [1.165, 1.54) is 6.42 Å². The fourth-order valence-corrected chi connectivity index (χ4v) is 4.88. The van der Waals surface area contributed by atoms with E-state index in [0.717, 1.165) is 25.7 Å². The maximum Gasteiger partial charge on any atom is 0.154 e. The van der Waals surface area contributed by atoms with Crippen LogP contribution in [-0.2, 0) is 9.84 Å². The smallest absolute Gasteiger partial charge is 0.154 e. The molecule has 0 bridgehead atoms. The molecule has 0 aromatic carbocycles. The lowest BCUT2D eigenvalue weighted by Crippen LogP contribution is -2.46. The molecule has 1 aliphatic heterocycles. The molecule has 82 valence electrons. The summed E-state index contributed by atoms with van der Waals surface area (Å²) in [7, 11) is -2.82. The van der Waals surface area contributed by atoms with Crippen molar-refractivity contribution < 1.29 is 8.42 Å². The van der Waals surface area contributed by atoms with E-state index in [9.17, 15) is 8.42 Å². The Labute approximate surface area is 86.2 Å². The molecule has 1 N–H and O–H groups in total. The lowest BCUT2D eigenvalue weighted by molar-refractivity contribution is 0.351. The second-order valence-corrected chi connectivity index (χ2v) is 6.99. The van der Waals surface area contributed by atoms with E-state index in [-0.39, 0.29) is 11.3 Å². The molecule has 4 heteroatoms. The predicted octanol–water partition coefficient (Wildman–Crippen LogP) is 1.09.